The molecule has 0 aliphatic carbocycles. The smallest absolute Gasteiger partial charge is 0.261 e. The Balaban J connectivity index is 1.79. The number of anilines is 2. The Kier molecular flexibility index (Phi) is 6.79. The first-order valence-electron chi connectivity index (χ1n) is 9.64. The van der Waals surface area contributed by atoms with Crippen molar-refractivity contribution < 1.29 is 22.7 Å². The second-order valence-corrected chi connectivity index (χ2v) is 8.79. The van der Waals surface area contributed by atoms with Crippen LogP contribution in [-0.2, 0) is 21.2 Å². The highest BCUT2D eigenvalue weighted by molar-refractivity contribution is 7.92. The third kappa shape index (κ3) is 5.64. The number of aryl methyl sites for hydroxylation is 1. The Morgan fingerprint density at radius 3 is 2.16 bits per heavy atom. The summed E-state index contributed by atoms with van der Waals surface area (Å²) in [4.78, 5) is 23.8. The third-order valence-electron chi connectivity index (χ3n) is 4.70. The van der Waals surface area contributed by atoms with Crippen molar-refractivity contribution in [3.05, 3.63) is 83.4 Å². The number of rotatable bonds is 8. The van der Waals surface area contributed by atoms with Crippen LogP contribution in [0, 0.1) is 6.92 Å². The lowest BCUT2D eigenvalue weighted by Gasteiger charge is -2.12. The van der Waals surface area contributed by atoms with Crippen LogP contribution in [0.25, 0.3) is 0 Å². The molecule has 0 aliphatic rings. The molecule has 0 saturated heterocycles. The predicted molar refractivity (Wildman–Crippen MR) is 122 cm³/mol. The molecule has 0 saturated carbocycles. The first-order valence-corrected chi connectivity index (χ1v) is 11.1. The lowest BCUT2D eigenvalue weighted by atomic mass is 10.1. The number of carbonyl (C=O) groups excluding carboxylic acids is 2. The molecule has 0 heterocycles. The highest BCUT2D eigenvalue weighted by Gasteiger charge is 2.18. The van der Waals surface area contributed by atoms with Gasteiger partial charge < -0.3 is 15.8 Å². The molecule has 0 aromatic heterocycles. The molecule has 3 aromatic rings. The van der Waals surface area contributed by atoms with Crippen molar-refractivity contribution in [1.29, 1.82) is 0 Å². The Morgan fingerprint density at radius 1 is 0.938 bits per heavy atom. The van der Waals surface area contributed by atoms with E-state index in [1.54, 1.807) is 61.5 Å². The van der Waals surface area contributed by atoms with Crippen molar-refractivity contribution >= 4 is 33.2 Å². The number of hydrogen-bond donors (Lipinski definition) is 3. The number of benzene rings is 3. The Hall–Kier alpha value is -3.85. The van der Waals surface area contributed by atoms with Gasteiger partial charge in [0, 0.05) is 16.9 Å². The van der Waals surface area contributed by atoms with Crippen molar-refractivity contribution in [2.75, 3.05) is 17.1 Å². The number of sulfonamides is 1. The van der Waals surface area contributed by atoms with E-state index in [1.807, 2.05) is 0 Å². The molecule has 0 atom stereocenters. The number of carbonyl (C=O) groups is 2. The van der Waals surface area contributed by atoms with Gasteiger partial charge >= 0.3 is 0 Å². The standard InChI is InChI=1S/C23H23N3O5S/c1-15-3-12-20(32(29,30)26-18-8-10-19(31-2)11-9-18)14-21(15)23(28)25-17-6-4-16(5-7-17)13-22(24)27/h3-12,14,26H,13H2,1-2H3,(H2,24,27)(H,25,28). The molecule has 4 N–H and O–H groups in total. The van der Waals surface area contributed by atoms with E-state index >= 15 is 0 Å². The Morgan fingerprint density at radius 2 is 1.56 bits per heavy atom. The molecule has 0 spiro atoms. The fraction of sp³-hybridized carbons (Fsp3) is 0.130. The SMILES string of the molecule is COc1ccc(NS(=O)(=O)c2ccc(C)c(C(=O)Nc3ccc(CC(N)=O)cc3)c2)cc1. The lowest BCUT2D eigenvalue weighted by Crippen LogP contribution is -2.17. The van der Waals surface area contributed by atoms with E-state index < -0.39 is 21.8 Å². The van der Waals surface area contributed by atoms with Crippen LogP contribution < -0.4 is 20.5 Å². The van der Waals surface area contributed by atoms with Gasteiger partial charge in [-0.2, -0.15) is 0 Å². The molecule has 9 heteroatoms. The highest BCUT2D eigenvalue weighted by atomic mass is 32.2. The van der Waals surface area contributed by atoms with Crippen molar-refractivity contribution in [3.63, 3.8) is 0 Å². The van der Waals surface area contributed by atoms with Crippen molar-refractivity contribution in [2.24, 2.45) is 5.73 Å². The third-order valence-corrected chi connectivity index (χ3v) is 6.08. The van der Waals surface area contributed by atoms with E-state index in [-0.39, 0.29) is 16.9 Å². The van der Waals surface area contributed by atoms with Crippen LogP contribution in [0.1, 0.15) is 21.5 Å². The normalized spacial score (nSPS) is 10.9. The molecule has 8 nitrogen and oxygen atoms in total. The minimum atomic E-state index is -3.91. The predicted octanol–water partition coefficient (Wildman–Crippen LogP) is 3.08. The van der Waals surface area contributed by atoms with Crippen LogP contribution in [0.4, 0.5) is 11.4 Å². The van der Waals surface area contributed by atoms with Gasteiger partial charge in [-0.3, -0.25) is 14.3 Å². The molecule has 0 radical (unpaired) electrons. The molecular weight excluding hydrogens is 430 g/mol. The second kappa shape index (κ2) is 9.52. The van der Waals surface area contributed by atoms with Gasteiger partial charge in [0.1, 0.15) is 5.75 Å². The molecule has 0 fully saturated rings. The maximum absolute atomic E-state index is 12.8. The van der Waals surface area contributed by atoms with E-state index in [4.69, 9.17) is 10.5 Å². The summed E-state index contributed by atoms with van der Waals surface area (Å²) in [5.41, 5.74) is 7.63. The van der Waals surface area contributed by atoms with Gasteiger partial charge in [-0.15, -0.1) is 0 Å². The zero-order valence-electron chi connectivity index (χ0n) is 17.6. The number of primary amides is 1. The molecule has 2 amide bonds. The topological polar surface area (TPSA) is 128 Å². The van der Waals surface area contributed by atoms with Gasteiger partial charge in [0.05, 0.1) is 18.4 Å². The zero-order valence-corrected chi connectivity index (χ0v) is 18.4. The molecule has 0 bridgehead atoms. The molecule has 0 aliphatic heterocycles. The minimum Gasteiger partial charge on any atom is -0.497 e. The Bertz CT molecular complexity index is 1240. The monoisotopic (exact) mass is 453 g/mol. The number of nitrogens with two attached hydrogens (primary N) is 1. The number of hydrogen-bond acceptors (Lipinski definition) is 5. The maximum Gasteiger partial charge on any atom is 0.261 e. The summed E-state index contributed by atoms with van der Waals surface area (Å²) in [5, 5.41) is 2.74. The lowest BCUT2D eigenvalue weighted by molar-refractivity contribution is -0.117. The molecule has 3 aromatic carbocycles. The average molecular weight is 454 g/mol. The van der Waals surface area contributed by atoms with Gasteiger partial charge in [-0.1, -0.05) is 18.2 Å². The second-order valence-electron chi connectivity index (χ2n) is 7.10. The minimum absolute atomic E-state index is 0.0409. The summed E-state index contributed by atoms with van der Waals surface area (Å²) >= 11 is 0. The molecule has 166 valence electrons. The largest absolute Gasteiger partial charge is 0.497 e. The fourth-order valence-corrected chi connectivity index (χ4v) is 4.08. The van der Waals surface area contributed by atoms with Crippen molar-refractivity contribution in [3.8, 4) is 5.75 Å². The number of methoxy groups -OCH3 is 1. The average Bonchev–Trinajstić information content (AvgIpc) is 2.75. The van der Waals surface area contributed by atoms with Crippen molar-refractivity contribution in [2.45, 2.75) is 18.2 Å². The molecule has 3 rings (SSSR count). The number of ether oxygens (including phenoxy) is 1. The van der Waals surface area contributed by atoms with Crippen LogP contribution in [0.2, 0.25) is 0 Å². The number of amides is 2. The fourth-order valence-electron chi connectivity index (χ4n) is 2.99. The molecule has 32 heavy (non-hydrogen) atoms. The van der Waals surface area contributed by atoms with Gasteiger partial charge in [0.2, 0.25) is 5.91 Å². The van der Waals surface area contributed by atoms with E-state index in [9.17, 15) is 18.0 Å². The van der Waals surface area contributed by atoms with Crippen LogP contribution in [-0.4, -0.2) is 27.3 Å². The van der Waals surface area contributed by atoms with Gasteiger partial charge in [0.25, 0.3) is 15.9 Å². The van der Waals surface area contributed by atoms with Crippen LogP contribution in [0.15, 0.2) is 71.6 Å². The summed E-state index contributed by atoms with van der Waals surface area (Å²) in [5.74, 6) is -0.296. The summed E-state index contributed by atoms with van der Waals surface area (Å²) < 4.78 is 33.2. The molecular formula is C23H23N3O5S. The summed E-state index contributed by atoms with van der Waals surface area (Å²) in [6, 6.07) is 17.5. The molecule has 0 unspecified atom stereocenters. The first kappa shape index (κ1) is 22.8. The Labute approximate surface area is 186 Å². The summed E-state index contributed by atoms with van der Waals surface area (Å²) in [6.07, 6.45) is 0.106. The first-order chi connectivity index (χ1) is 15.2. The van der Waals surface area contributed by atoms with E-state index in [0.717, 1.165) is 5.56 Å². The van der Waals surface area contributed by atoms with Crippen LogP contribution in [0.3, 0.4) is 0 Å². The zero-order chi connectivity index (χ0) is 23.3. The van der Waals surface area contributed by atoms with Gasteiger partial charge in [-0.25, -0.2) is 8.42 Å². The van der Waals surface area contributed by atoms with E-state index in [2.05, 4.69) is 10.0 Å². The maximum atomic E-state index is 12.8. The summed E-state index contributed by atoms with van der Waals surface area (Å²) in [6.45, 7) is 1.72. The van der Waals surface area contributed by atoms with Crippen LogP contribution >= 0.6 is 0 Å². The van der Waals surface area contributed by atoms with Gasteiger partial charge in [0.15, 0.2) is 0 Å². The number of nitrogens with one attached hydrogen (secondary N) is 2. The van der Waals surface area contributed by atoms with Crippen molar-refractivity contribution in [1.82, 2.24) is 0 Å². The highest BCUT2D eigenvalue weighted by Crippen LogP contribution is 2.22. The van der Waals surface area contributed by atoms with E-state index in [0.29, 0.717) is 22.7 Å². The van der Waals surface area contributed by atoms with Crippen LogP contribution in [0.5, 0.6) is 5.75 Å². The van der Waals surface area contributed by atoms with Gasteiger partial charge in [-0.05, 0) is 66.6 Å². The summed E-state index contributed by atoms with van der Waals surface area (Å²) in [7, 11) is -2.39. The quantitative estimate of drug-likeness (QED) is 0.483. The van der Waals surface area contributed by atoms with E-state index in [1.165, 1.54) is 19.2 Å².